The van der Waals surface area contributed by atoms with Gasteiger partial charge in [-0.05, 0) is 38.1 Å². The summed E-state index contributed by atoms with van der Waals surface area (Å²) < 4.78 is 19.1. The molecule has 0 amide bonds. The number of aromatic amines is 1. The molecule has 0 aliphatic rings. The SMILES string of the molecule is CC(C)Oc1ccc(-c2cc(C(=O)O)[nH]n2)cc1F. The second kappa shape index (κ2) is 5.09. The minimum Gasteiger partial charge on any atom is -0.488 e. The maximum atomic E-state index is 13.8. The van der Waals surface area contributed by atoms with Crippen molar-refractivity contribution in [2.75, 3.05) is 0 Å². The summed E-state index contributed by atoms with van der Waals surface area (Å²) in [4.78, 5) is 10.7. The largest absolute Gasteiger partial charge is 0.488 e. The summed E-state index contributed by atoms with van der Waals surface area (Å²) in [6.07, 6.45) is -0.121. The fraction of sp³-hybridized carbons (Fsp3) is 0.231. The van der Waals surface area contributed by atoms with Crippen LogP contribution in [-0.2, 0) is 0 Å². The number of ether oxygens (including phenoxy) is 1. The molecule has 0 spiro atoms. The molecule has 0 radical (unpaired) electrons. The van der Waals surface area contributed by atoms with Crippen LogP contribution in [0, 0.1) is 5.82 Å². The van der Waals surface area contributed by atoms with Gasteiger partial charge in [-0.3, -0.25) is 5.10 Å². The molecule has 2 N–H and O–H groups in total. The molecule has 19 heavy (non-hydrogen) atoms. The van der Waals surface area contributed by atoms with Crippen molar-refractivity contribution in [1.29, 1.82) is 0 Å². The second-order valence-corrected chi connectivity index (χ2v) is 4.28. The van der Waals surface area contributed by atoms with E-state index >= 15 is 0 Å². The summed E-state index contributed by atoms with van der Waals surface area (Å²) in [6.45, 7) is 3.61. The molecule has 1 aromatic carbocycles. The van der Waals surface area contributed by atoms with Gasteiger partial charge in [0.1, 0.15) is 5.69 Å². The Morgan fingerprint density at radius 2 is 2.16 bits per heavy atom. The van der Waals surface area contributed by atoms with Crippen molar-refractivity contribution in [2.45, 2.75) is 20.0 Å². The first-order chi connectivity index (χ1) is 8.97. The van der Waals surface area contributed by atoms with Crippen molar-refractivity contribution < 1.29 is 19.0 Å². The minimum atomic E-state index is -1.11. The van der Waals surface area contributed by atoms with Crippen molar-refractivity contribution in [1.82, 2.24) is 10.2 Å². The fourth-order valence-corrected chi connectivity index (χ4v) is 1.59. The minimum absolute atomic E-state index is 0.0436. The Morgan fingerprint density at radius 3 is 2.68 bits per heavy atom. The number of aromatic carboxylic acids is 1. The first-order valence-corrected chi connectivity index (χ1v) is 5.72. The maximum absolute atomic E-state index is 13.8. The molecule has 0 fully saturated rings. The van der Waals surface area contributed by atoms with Crippen LogP contribution in [-0.4, -0.2) is 27.4 Å². The molecule has 0 aliphatic heterocycles. The van der Waals surface area contributed by atoms with Crippen LogP contribution in [0.2, 0.25) is 0 Å². The first-order valence-electron chi connectivity index (χ1n) is 5.72. The maximum Gasteiger partial charge on any atom is 0.353 e. The Balaban J connectivity index is 2.30. The second-order valence-electron chi connectivity index (χ2n) is 4.28. The van der Waals surface area contributed by atoms with Gasteiger partial charge in [0.2, 0.25) is 0 Å². The lowest BCUT2D eigenvalue weighted by Crippen LogP contribution is -2.06. The van der Waals surface area contributed by atoms with Crippen LogP contribution in [0.15, 0.2) is 24.3 Å². The van der Waals surface area contributed by atoms with E-state index in [1.807, 2.05) is 0 Å². The summed E-state index contributed by atoms with van der Waals surface area (Å²) in [5.74, 6) is -1.46. The number of carbonyl (C=O) groups is 1. The molecule has 2 aromatic rings. The molecular weight excluding hydrogens is 251 g/mol. The molecule has 0 aliphatic carbocycles. The first kappa shape index (κ1) is 13.1. The van der Waals surface area contributed by atoms with Gasteiger partial charge in [0, 0.05) is 5.56 Å². The van der Waals surface area contributed by atoms with Crippen LogP contribution < -0.4 is 4.74 Å². The lowest BCUT2D eigenvalue weighted by Gasteiger charge is -2.10. The average Bonchev–Trinajstić information content (AvgIpc) is 2.80. The molecule has 0 unspecified atom stereocenters. The van der Waals surface area contributed by atoms with Crippen molar-refractivity contribution in [2.24, 2.45) is 0 Å². The van der Waals surface area contributed by atoms with Crippen LogP contribution in [0.4, 0.5) is 4.39 Å². The van der Waals surface area contributed by atoms with E-state index in [2.05, 4.69) is 10.2 Å². The Hall–Kier alpha value is -2.37. The van der Waals surface area contributed by atoms with Crippen molar-refractivity contribution in [3.63, 3.8) is 0 Å². The van der Waals surface area contributed by atoms with Gasteiger partial charge in [-0.15, -0.1) is 0 Å². The van der Waals surface area contributed by atoms with Crippen LogP contribution in [0.1, 0.15) is 24.3 Å². The number of hydrogen-bond donors (Lipinski definition) is 2. The zero-order chi connectivity index (χ0) is 14.0. The monoisotopic (exact) mass is 264 g/mol. The van der Waals surface area contributed by atoms with E-state index in [0.29, 0.717) is 11.3 Å². The molecule has 5 nitrogen and oxygen atoms in total. The highest BCUT2D eigenvalue weighted by molar-refractivity contribution is 5.86. The highest BCUT2D eigenvalue weighted by atomic mass is 19.1. The zero-order valence-corrected chi connectivity index (χ0v) is 10.5. The highest BCUT2D eigenvalue weighted by Crippen LogP contribution is 2.25. The lowest BCUT2D eigenvalue weighted by atomic mass is 10.1. The molecule has 0 atom stereocenters. The van der Waals surface area contributed by atoms with Crippen LogP contribution in [0.3, 0.4) is 0 Å². The number of H-pyrrole nitrogens is 1. The summed E-state index contributed by atoms with van der Waals surface area (Å²) in [5.41, 5.74) is 0.808. The number of nitrogens with zero attached hydrogens (tertiary/aromatic N) is 1. The van der Waals surface area contributed by atoms with Gasteiger partial charge in [-0.25, -0.2) is 9.18 Å². The normalized spacial score (nSPS) is 10.7. The number of aromatic nitrogens is 2. The van der Waals surface area contributed by atoms with E-state index in [1.165, 1.54) is 18.2 Å². The Bertz CT molecular complexity index is 608. The van der Waals surface area contributed by atoms with Crippen LogP contribution in [0.5, 0.6) is 5.75 Å². The molecule has 6 heteroatoms. The van der Waals surface area contributed by atoms with E-state index < -0.39 is 11.8 Å². The Kier molecular flexibility index (Phi) is 3.50. The van der Waals surface area contributed by atoms with Gasteiger partial charge in [-0.2, -0.15) is 5.10 Å². The van der Waals surface area contributed by atoms with Gasteiger partial charge < -0.3 is 9.84 Å². The number of benzene rings is 1. The third kappa shape index (κ3) is 2.90. The number of rotatable bonds is 4. The van der Waals surface area contributed by atoms with Gasteiger partial charge in [-0.1, -0.05) is 0 Å². The molecule has 0 saturated carbocycles. The van der Waals surface area contributed by atoms with Crippen molar-refractivity contribution in [3.05, 3.63) is 35.8 Å². The Labute approximate surface area is 109 Å². The molecule has 1 heterocycles. The third-order valence-electron chi connectivity index (χ3n) is 2.40. The highest BCUT2D eigenvalue weighted by Gasteiger charge is 2.12. The summed E-state index contributed by atoms with van der Waals surface area (Å²) in [6, 6.07) is 5.74. The third-order valence-corrected chi connectivity index (χ3v) is 2.40. The van der Waals surface area contributed by atoms with E-state index in [9.17, 15) is 9.18 Å². The zero-order valence-electron chi connectivity index (χ0n) is 10.5. The van der Waals surface area contributed by atoms with E-state index in [4.69, 9.17) is 9.84 Å². The standard InChI is InChI=1S/C13H13FN2O3/c1-7(2)19-12-4-3-8(5-9(12)14)10-6-11(13(17)18)16-15-10/h3-7H,1-2H3,(H,15,16)(H,17,18). The van der Waals surface area contributed by atoms with Gasteiger partial charge in [0.15, 0.2) is 11.6 Å². The molecule has 100 valence electrons. The molecule has 0 bridgehead atoms. The van der Waals surface area contributed by atoms with E-state index in [-0.39, 0.29) is 17.5 Å². The van der Waals surface area contributed by atoms with Crippen LogP contribution in [0.25, 0.3) is 11.3 Å². The summed E-state index contributed by atoms with van der Waals surface area (Å²) in [7, 11) is 0. The smallest absolute Gasteiger partial charge is 0.353 e. The van der Waals surface area contributed by atoms with Crippen LogP contribution >= 0.6 is 0 Å². The number of carboxylic acids is 1. The lowest BCUT2D eigenvalue weighted by molar-refractivity contribution is 0.0690. The number of nitrogens with one attached hydrogen (secondary N) is 1. The molecule has 0 saturated heterocycles. The molecule has 2 rings (SSSR count). The predicted octanol–water partition coefficient (Wildman–Crippen LogP) is 2.70. The molecule has 1 aromatic heterocycles. The molecular formula is C13H13FN2O3. The summed E-state index contributed by atoms with van der Waals surface area (Å²) in [5, 5.41) is 15.0. The average molecular weight is 264 g/mol. The van der Waals surface area contributed by atoms with E-state index in [0.717, 1.165) is 0 Å². The van der Waals surface area contributed by atoms with Gasteiger partial charge >= 0.3 is 5.97 Å². The quantitative estimate of drug-likeness (QED) is 0.890. The topological polar surface area (TPSA) is 75.2 Å². The number of halogens is 1. The van der Waals surface area contributed by atoms with Gasteiger partial charge in [0.25, 0.3) is 0 Å². The van der Waals surface area contributed by atoms with Crippen molar-refractivity contribution >= 4 is 5.97 Å². The number of carboxylic acid groups (broad SMARTS) is 1. The van der Waals surface area contributed by atoms with Gasteiger partial charge in [0.05, 0.1) is 11.8 Å². The summed E-state index contributed by atoms with van der Waals surface area (Å²) >= 11 is 0. The fourth-order valence-electron chi connectivity index (χ4n) is 1.59. The Morgan fingerprint density at radius 1 is 1.42 bits per heavy atom. The van der Waals surface area contributed by atoms with Crippen molar-refractivity contribution in [3.8, 4) is 17.0 Å². The predicted molar refractivity (Wildman–Crippen MR) is 66.7 cm³/mol. The van der Waals surface area contributed by atoms with E-state index in [1.54, 1.807) is 19.9 Å². The number of hydrogen-bond acceptors (Lipinski definition) is 3.